The molecule has 0 radical (unpaired) electrons. The van der Waals surface area contributed by atoms with Crippen LogP contribution < -0.4 is 9.46 Å². The molecule has 1 amide bonds. The molecule has 39 heavy (non-hydrogen) atoms. The van der Waals surface area contributed by atoms with Gasteiger partial charge in [-0.1, -0.05) is 11.6 Å². The van der Waals surface area contributed by atoms with Crippen molar-refractivity contribution in [1.82, 2.24) is 9.62 Å². The number of halogens is 3. The van der Waals surface area contributed by atoms with E-state index in [0.717, 1.165) is 48.9 Å². The first-order valence-corrected chi connectivity index (χ1v) is 15.0. The van der Waals surface area contributed by atoms with Gasteiger partial charge < -0.3 is 14.4 Å². The zero-order chi connectivity index (χ0) is 28.8. The fraction of sp³-hybridized carbons (Fsp3) is 0.462. The lowest BCUT2D eigenvalue weighted by molar-refractivity contribution is -0.148. The summed E-state index contributed by atoms with van der Waals surface area (Å²) in [5.74, 6) is -1.98. The molecule has 13 heteroatoms. The molecule has 3 rings (SSSR count). The number of nitrogens with one attached hydrogen (secondary N) is 1. The molecule has 0 spiro atoms. The molecule has 0 aromatic heterocycles. The lowest BCUT2D eigenvalue weighted by Crippen LogP contribution is -2.50. The van der Waals surface area contributed by atoms with Crippen molar-refractivity contribution in [1.29, 1.82) is 5.26 Å². The zero-order valence-corrected chi connectivity index (χ0v) is 24.2. The van der Waals surface area contributed by atoms with Gasteiger partial charge in [0.05, 0.1) is 15.5 Å². The molecule has 0 aliphatic carbocycles. The monoisotopic (exact) mass is 601 g/mol. The van der Waals surface area contributed by atoms with Gasteiger partial charge in [-0.25, -0.2) is 21.9 Å². The smallest absolute Gasteiger partial charge is 0.265 e. The predicted molar refractivity (Wildman–Crippen MR) is 144 cm³/mol. The van der Waals surface area contributed by atoms with Gasteiger partial charge in [-0.05, 0) is 71.0 Å². The molecular formula is C26H30ClF2N3O5S2. The summed E-state index contributed by atoms with van der Waals surface area (Å²) in [6.45, 7) is 2.47. The van der Waals surface area contributed by atoms with Crippen LogP contribution in [0.15, 0.2) is 40.1 Å². The number of hydrogen-bond acceptors (Lipinski definition) is 8. The van der Waals surface area contributed by atoms with Gasteiger partial charge in [-0.3, -0.25) is 4.79 Å². The summed E-state index contributed by atoms with van der Waals surface area (Å²) in [5, 5.41) is 9.63. The molecule has 2 aromatic rings. The molecule has 8 nitrogen and oxygen atoms in total. The molecule has 1 N–H and O–H groups in total. The molecule has 1 aliphatic heterocycles. The highest BCUT2D eigenvalue weighted by Crippen LogP contribution is 2.34. The second kappa shape index (κ2) is 13.3. The lowest BCUT2D eigenvalue weighted by atomic mass is 9.95. The minimum atomic E-state index is -4.38. The van der Waals surface area contributed by atoms with Crippen LogP contribution in [0.25, 0.3) is 0 Å². The highest BCUT2D eigenvalue weighted by Gasteiger charge is 2.38. The summed E-state index contributed by atoms with van der Waals surface area (Å²) in [5.41, 5.74) is -1.43. The van der Waals surface area contributed by atoms with E-state index in [0.29, 0.717) is 26.0 Å². The van der Waals surface area contributed by atoms with E-state index in [1.807, 2.05) is 29.8 Å². The second-order valence-electron chi connectivity index (χ2n) is 9.58. The first-order chi connectivity index (χ1) is 18.3. The van der Waals surface area contributed by atoms with Crippen molar-refractivity contribution in [2.75, 3.05) is 33.0 Å². The number of benzene rings is 2. The average Bonchev–Trinajstić information content (AvgIpc) is 2.87. The zero-order valence-electron chi connectivity index (χ0n) is 21.8. The van der Waals surface area contributed by atoms with E-state index >= 15 is 0 Å². The third kappa shape index (κ3) is 8.28. The predicted octanol–water partition coefficient (Wildman–Crippen LogP) is 4.75. The standard InChI is InChI=1S/C26H30ClF2N3O5S2/c1-26(9-4-5-11-36-26)25(33)31-39(34,35)20-12-17(15-30)24(21(27)14-20)37-19(8-10-32(2)3)16-38-23-7-6-18(28)13-22(23)29/h6-7,12-14,19H,4-5,8-11,16H2,1-3H3,(H,31,33)/t19-,26-/m1/s1. The summed E-state index contributed by atoms with van der Waals surface area (Å²) < 4.78 is 67.1. The van der Waals surface area contributed by atoms with Crippen molar-refractivity contribution in [3.8, 4) is 11.8 Å². The van der Waals surface area contributed by atoms with Gasteiger partial charge in [-0.2, -0.15) is 5.26 Å². The number of rotatable bonds is 11. The van der Waals surface area contributed by atoms with Gasteiger partial charge in [0, 0.05) is 29.9 Å². The number of ether oxygens (including phenoxy) is 2. The molecule has 1 fully saturated rings. The van der Waals surface area contributed by atoms with E-state index in [1.165, 1.54) is 13.0 Å². The van der Waals surface area contributed by atoms with E-state index < -0.39 is 39.3 Å². The SMILES string of the molecule is CN(C)CC[C@H](CSc1ccc(F)cc1F)Oc1c(Cl)cc(S(=O)(=O)NC(=O)[C@@]2(C)CCCCO2)cc1C#N. The Hall–Kier alpha value is -2.43. The van der Waals surface area contributed by atoms with E-state index in [9.17, 15) is 27.3 Å². The molecule has 0 unspecified atom stereocenters. The van der Waals surface area contributed by atoms with Crippen LogP contribution in [0.4, 0.5) is 8.78 Å². The van der Waals surface area contributed by atoms with Gasteiger partial charge in [0.1, 0.15) is 29.4 Å². The highest BCUT2D eigenvalue weighted by atomic mass is 35.5. The maximum atomic E-state index is 14.1. The average molecular weight is 602 g/mol. The van der Waals surface area contributed by atoms with Gasteiger partial charge in [0.15, 0.2) is 5.75 Å². The van der Waals surface area contributed by atoms with Crippen molar-refractivity contribution >= 4 is 39.3 Å². The molecule has 1 saturated heterocycles. The number of sulfonamides is 1. The minimum absolute atomic E-state index is 0.0315. The first kappa shape index (κ1) is 31.1. The number of carbonyl (C=O) groups excluding carboxylic acids is 1. The Balaban J connectivity index is 1.83. The molecule has 2 atom stereocenters. The van der Waals surface area contributed by atoms with Crippen LogP contribution in [-0.4, -0.2) is 63.9 Å². The van der Waals surface area contributed by atoms with Crippen molar-refractivity contribution in [2.24, 2.45) is 0 Å². The molecule has 1 aliphatic rings. The third-order valence-corrected chi connectivity index (χ3v) is 8.90. The number of thioether (sulfide) groups is 1. The Morgan fingerprint density at radius 1 is 1.31 bits per heavy atom. The maximum absolute atomic E-state index is 14.1. The fourth-order valence-corrected chi connectivity index (χ4v) is 6.26. The van der Waals surface area contributed by atoms with Gasteiger partial charge >= 0.3 is 0 Å². The Labute approximate surface area is 236 Å². The number of amides is 1. The minimum Gasteiger partial charge on any atom is -0.487 e. The Morgan fingerprint density at radius 2 is 2.05 bits per heavy atom. The third-order valence-electron chi connectivity index (χ3n) is 6.13. The van der Waals surface area contributed by atoms with Crippen LogP contribution in [0.2, 0.25) is 5.02 Å². The van der Waals surface area contributed by atoms with Crippen LogP contribution >= 0.6 is 23.4 Å². The number of hydrogen-bond donors (Lipinski definition) is 1. The van der Waals surface area contributed by atoms with Crippen LogP contribution in [0.1, 0.15) is 38.2 Å². The first-order valence-electron chi connectivity index (χ1n) is 12.2. The molecule has 2 aromatic carbocycles. The van der Waals surface area contributed by atoms with Crippen molar-refractivity contribution in [2.45, 2.75) is 54.1 Å². The van der Waals surface area contributed by atoms with E-state index in [4.69, 9.17) is 21.1 Å². The van der Waals surface area contributed by atoms with Crippen LogP contribution in [-0.2, 0) is 19.6 Å². The molecular weight excluding hydrogens is 572 g/mol. The van der Waals surface area contributed by atoms with Crippen molar-refractivity contribution in [3.63, 3.8) is 0 Å². The topological polar surface area (TPSA) is 109 Å². The molecule has 212 valence electrons. The van der Waals surface area contributed by atoms with E-state index in [-0.39, 0.29) is 31.9 Å². The normalized spacial score (nSPS) is 18.4. The lowest BCUT2D eigenvalue weighted by Gasteiger charge is -2.32. The maximum Gasteiger partial charge on any atom is 0.265 e. The fourth-order valence-electron chi connectivity index (χ4n) is 3.85. The van der Waals surface area contributed by atoms with Crippen LogP contribution in [0, 0.1) is 23.0 Å². The van der Waals surface area contributed by atoms with Crippen molar-refractivity contribution < 1.29 is 31.5 Å². The summed E-state index contributed by atoms with van der Waals surface area (Å²) >= 11 is 7.52. The highest BCUT2D eigenvalue weighted by molar-refractivity contribution is 7.99. The Bertz CT molecular complexity index is 1350. The van der Waals surface area contributed by atoms with Gasteiger partial charge in [-0.15, -0.1) is 11.8 Å². The quantitative estimate of drug-likeness (QED) is 0.368. The van der Waals surface area contributed by atoms with Gasteiger partial charge in [0.25, 0.3) is 15.9 Å². The molecule has 0 saturated carbocycles. The van der Waals surface area contributed by atoms with Crippen LogP contribution in [0.5, 0.6) is 5.75 Å². The number of carbonyl (C=O) groups is 1. The molecule has 0 bridgehead atoms. The summed E-state index contributed by atoms with van der Waals surface area (Å²) in [6, 6.07) is 7.37. The number of nitriles is 1. The Morgan fingerprint density at radius 3 is 2.67 bits per heavy atom. The number of nitrogens with zero attached hydrogens (tertiary/aromatic N) is 2. The molecule has 1 heterocycles. The summed E-state index contributed by atoms with van der Waals surface area (Å²) in [7, 11) is -0.646. The van der Waals surface area contributed by atoms with Crippen molar-refractivity contribution in [3.05, 3.63) is 52.6 Å². The summed E-state index contributed by atoms with van der Waals surface area (Å²) in [4.78, 5) is 14.5. The second-order valence-corrected chi connectivity index (χ2v) is 12.7. The van der Waals surface area contributed by atoms with Crippen LogP contribution in [0.3, 0.4) is 0 Å². The largest absolute Gasteiger partial charge is 0.487 e. The summed E-state index contributed by atoms with van der Waals surface area (Å²) in [6.07, 6.45) is 1.79. The van der Waals surface area contributed by atoms with E-state index in [2.05, 4.69) is 0 Å². The Kier molecular flexibility index (Phi) is 10.6. The van der Waals surface area contributed by atoms with Gasteiger partial charge in [0.2, 0.25) is 0 Å². The van der Waals surface area contributed by atoms with E-state index in [1.54, 1.807) is 0 Å².